The van der Waals surface area contributed by atoms with Gasteiger partial charge in [0.15, 0.2) is 11.5 Å². The van der Waals surface area contributed by atoms with Crippen LogP contribution in [0.4, 0.5) is 0 Å². The van der Waals surface area contributed by atoms with Crippen LogP contribution in [0.1, 0.15) is 0 Å². The molecule has 0 saturated heterocycles. The molecule has 5 nitrogen and oxygen atoms in total. The fraction of sp³-hybridized carbons (Fsp3) is 0.133. The number of phenolic OH excluding ortho intramolecular Hbond substituents is 1. The smallest absolute Gasteiger partial charge is 0.200 e. The predicted octanol–water partition coefficient (Wildman–Crippen LogP) is 2.95. The Hall–Kier alpha value is -2.69. The molecule has 0 atom stereocenters. The number of aromatic amines is 1. The molecule has 2 N–H and O–H groups in total. The van der Waals surface area contributed by atoms with Gasteiger partial charge in [0, 0.05) is 5.56 Å². The lowest BCUT2D eigenvalue weighted by atomic mass is 10.1. The molecule has 2 aromatic carbocycles. The van der Waals surface area contributed by atoms with Crippen LogP contribution in [0.3, 0.4) is 0 Å². The van der Waals surface area contributed by atoms with Gasteiger partial charge in [-0.15, -0.1) is 0 Å². The molecule has 0 aliphatic carbocycles. The summed E-state index contributed by atoms with van der Waals surface area (Å²) in [5, 5.41) is 9.92. The summed E-state index contributed by atoms with van der Waals surface area (Å²) < 4.78 is 10.3. The summed E-state index contributed by atoms with van der Waals surface area (Å²) in [4.78, 5) is 7.75. The quantitative estimate of drug-likeness (QED) is 0.767. The molecule has 3 rings (SSSR count). The molecule has 20 heavy (non-hydrogen) atoms. The first-order valence-electron chi connectivity index (χ1n) is 6.13. The maximum atomic E-state index is 9.92. The number of imidazole rings is 1. The van der Waals surface area contributed by atoms with Crippen molar-refractivity contribution >= 4 is 11.0 Å². The predicted molar refractivity (Wildman–Crippen MR) is 76.3 cm³/mol. The number of phenols is 1. The number of nitrogens with zero attached hydrogens (tertiary/aromatic N) is 1. The van der Waals surface area contributed by atoms with E-state index in [1.807, 2.05) is 24.3 Å². The van der Waals surface area contributed by atoms with Gasteiger partial charge in [-0.3, -0.25) is 0 Å². The number of aromatic hydroxyl groups is 1. The lowest BCUT2D eigenvalue weighted by Crippen LogP contribution is -1.91. The van der Waals surface area contributed by atoms with Crippen molar-refractivity contribution in [1.29, 1.82) is 0 Å². The van der Waals surface area contributed by atoms with Gasteiger partial charge in [0.2, 0.25) is 5.75 Å². The molecular formula is C15H14N2O3. The largest absolute Gasteiger partial charge is 0.502 e. The van der Waals surface area contributed by atoms with Crippen molar-refractivity contribution in [2.24, 2.45) is 0 Å². The fourth-order valence-corrected chi connectivity index (χ4v) is 2.12. The lowest BCUT2D eigenvalue weighted by molar-refractivity contribution is 0.340. The van der Waals surface area contributed by atoms with Gasteiger partial charge < -0.3 is 19.6 Å². The monoisotopic (exact) mass is 270 g/mol. The van der Waals surface area contributed by atoms with Crippen molar-refractivity contribution in [2.75, 3.05) is 14.2 Å². The van der Waals surface area contributed by atoms with E-state index in [4.69, 9.17) is 9.47 Å². The van der Waals surface area contributed by atoms with E-state index in [9.17, 15) is 5.11 Å². The second kappa shape index (κ2) is 4.77. The third kappa shape index (κ3) is 1.93. The van der Waals surface area contributed by atoms with Gasteiger partial charge in [-0.2, -0.15) is 0 Å². The summed E-state index contributed by atoms with van der Waals surface area (Å²) >= 11 is 0. The number of fused-ring (bicyclic) bond motifs is 1. The molecule has 0 bridgehead atoms. The molecule has 3 aromatic rings. The molecule has 0 saturated carbocycles. The van der Waals surface area contributed by atoms with Crippen LogP contribution in [0, 0.1) is 0 Å². The third-order valence-corrected chi connectivity index (χ3v) is 3.14. The highest BCUT2D eigenvalue weighted by atomic mass is 16.5. The molecule has 0 radical (unpaired) electrons. The zero-order valence-electron chi connectivity index (χ0n) is 11.2. The zero-order valence-corrected chi connectivity index (χ0v) is 11.2. The average Bonchev–Trinajstić information content (AvgIpc) is 2.91. The fourth-order valence-electron chi connectivity index (χ4n) is 2.12. The van der Waals surface area contributed by atoms with E-state index in [2.05, 4.69) is 9.97 Å². The van der Waals surface area contributed by atoms with Gasteiger partial charge in [0.1, 0.15) is 5.82 Å². The van der Waals surface area contributed by atoms with Crippen LogP contribution < -0.4 is 9.47 Å². The van der Waals surface area contributed by atoms with E-state index < -0.39 is 0 Å². The summed E-state index contributed by atoms with van der Waals surface area (Å²) in [7, 11) is 2.99. The average molecular weight is 270 g/mol. The minimum Gasteiger partial charge on any atom is -0.502 e. The summed E-state index contributed by atoms with van der Waals surface area (Å²) in [6.07, 6.45) is 0. The number of ether oxygens (including phenoxy) is 2. The Kier molecular flexibility index (Phi) is 2.95. The Labute approximate surface area is 115 Å². The molecule has 0 unspecified atom stereocenters. The lowest BCUT2D eigenvalue weighted by Gasteiger charge is -2.09. The van der Waals surface area contributed by atoms with Crippen LogP contribution in [0.2, 0.25) is 0 Å². The minimum atomic E-state index is -0.0186. The number of aromatic nitrogens is 2. The summed E-state index contributed by atoms with van der Waals surface area (Å²) in [6.45, 7) is 0. The zero-order chi connectivity index (χ0) is 14.1. The summed E-state index contributed by atoms with van der Waals surface area (Å²) in [5.74, 6) is 1.37. The van der Waals surface area contributed by atoms with Crippen LogP contribution in [-0.4, -0.2) is 29.3 Å². The van der Waals surface area contributed by atoms with E-state index in [0.717, 1.165) is 16.6 Å². The molecule has 0 aliphatic rings. The molecule has 102 valence electrons. The van der Waals surface area contributed by atoms with Crippen molar-refractivity contribution in [3.05, 3.63) is 36.4 Å². The normalized spacial score (nSPS) is 10.7. The summed E-state index contributed by atoms with van der Waals surface area (Å²) in [6, 6.07) is 11.2. The molecule has 0 amide bonds. The number of nitrogens with one attached hydrogen (secondary N) is 1. The van der Waals surface area contributed by atoms with E-state index in [1.54, 1.807) is 12.1 Å². The second-order valence-electron chi connectivity index (χ2n) is 4.33. The first kappa shape index (κ1) is 12.3. The Bertz CT molecular complexity index is 707. The molecular weight excluding hydrogens is 256 g/mol. The second-order valence-corrected chi connectivity index (χ2v) is 4.33. The van der Waals surface area contributed by atoms with Gasteiger partial charge in [0.25, 0.3) is 0 Å². The van der Waals surface area contributed by atoms with Crippen molar-refractivity contribution in [2.45, 2.75) is 0 Å². The van der Waals surface area contributed by atoms with Crippen LogP contribution in [-0.2, 0) is 0 Å². The number of hydrogen-bond donors (Lipinski definition) is 2. The van der Waals surface area contributed by atoms with Crippen LogP contribution in [0.15, 0.2) is 36.4 Å². The maximum Gasteiger partial charge on any atom is 0.200 e. The third-order valence-electron chi connectivity index (χ3n) is 3.14. The Morgan fingerprint density at radius 1 is 1.05 bits per heavy atom. The standard InChI is InChI=1S/C15H14N2O3/c1-19-12-7-9(8-13(20-2)14(12)18)15-16-10-5-3-4-6-11(10)17-15/h3-8,18H,1-2H3,(H,16,17). The van der Waals surface area contributed by atoms with E-state index in [1.165, 1.54) is 14.2 Å². The number of rotatable bonds is 3. The van der Waals surface area contributed by atoms with E-state index in [0.29, 0.717) is 17.3 Å². The molecule has 0 fully saturated rings. The number of hydrogen-bond acceptors (Lipinski definition) is 4. The highest BCUT2D eigenvalue weighted by Crippen LogP contribution is 2.39. The number of benzene rings is 2. The highest BCUT2D eigenvalue weighted by molar-refractivity contribution is 5.80. The first-order valence-corrected chi connectivity index (χ1v) is 6.13. The minimum absolute atomic E-state index is 0.0186. The first-order chi connectivity index (χ1) is 9.72. The van der Waals surface area contributed by atoms with Gasteiger partial charge in [-0.25, -0.2) is 4.98 Å². The highest BCUT2D eigenvalue weighted by Gasteiger charge is 2.14. The molecule has 1 aromatic heterocycles. The van der Waals surface area contributed by atoms with Gasteiger partial charge in [0.05, 0.1) is 25.3 Å². The van der Waals surface area contributed by atoms with Crippen molar-refractivity contribution in [3.63, 3.8) is 0 Å². The molecule has 0 spiro atoms. The maximum absolute atomic E-state index is 9.92. The van der Waals surface area contributed by atoms with Crippen molar-refractivity contribution in [3.8, 4) is 28.6 Å². The van der Waals surface area contributed by atoms with Gasteiger partial charge in [-0.1, -0.05) is 12.1 Å². The summed E-state index contributed by atoms with van der Waals surface area (Å²) in [5.41, 5.74) is 2.62. The van der Waals surface area contributed by atoms with Crippen LogP contribution in [0.5, 0.6) is 17.2 Å². The topological polar surface area (TPSA) is 67.4 Å². The SMILES string of the molecule is COc1cc(-c2nc3ccccc3[nH]2)cc(OC)c1O. The molecule has 1 heterocycles. The Balaban J connectivity index is 2.18. The van der Waals surface area contributed by atoms with Crippen molar-refractivity contribution in [1.82, 2.24) is 9.97 Å². The number of H-pyrrole nitrogens is 1. The van der Waals surface area contributed by atoms with Crippen molar-refractivity contribution < 1.29 is 14.6 Å². The van der Waals surface area contributed by atoms with E-state index >= 15 is 0 Å². The van der Waals surface area contributed by atoms with E-state index in [-0.39, 0.29) is 5.75 Å². The van der Waals surface area contributed by atoms with Gasteiger partial charge in [-0.05, 0) is 24.3 Å². The number of methoxy groups -OCH3 is 2. The van der Waals surface area contributed by atoms with Crippen LogP contribution >= 0.6 is 0 Å². The van der Waals surface area contributed by atoms with Crippen LogP contribution in [0.25, 0.3) is 22.4 Å². The Morgan fingerprint density at radius 2 is 1.70 bits per heavy atom. The number of para-hydroxylation sites is 2. The molecule has 0 aliphatic heterocycles. The van der Waals surface area contributed by atoms with Gasteiger partial charge >= 0.3 is 0 Å². The Morgan fingerprint density at radius 3 is 2.30 bits per heavy atom. The molecule has 5 heteroatoms.